The summed E-state index contributed by atoms with van der Waals surface area (Å²) >= 11 is 0. The van der Waals surface area contributed by atoms with E-state index in [0.29, 0.717) is 0 Å². The lowest BCUT2D eigenvalue weighted by atomic mass is 10.3. The van der Waals surface area contributed by atoms with Crippen molar-refractivity contribution in [2.45, 2.75) is 34.6 Å². The molecule has 0 bridgehead atoms. The van der Waals surface area contributed by atoms with Gasteiger partial charge in [0.15, 0.2) is 0 Å². The molecule has 0 spiro atoms. The lowest BCUT2D eigenvalue weighted by molar-refractivity contribution is 0.781. The van der Waals surface area contributed by atoms with Crippen LogP contribution in [-0.4, -0.2) is 20.0 Å². The molecule has 15 heavy (non-hydrogen) atoms. The fourth-order valence-electron chi connectivity index (χ4n) is 1.18. The molecule has 0 amide bonds. The summed E-state index contributed by atoms with van der Waals surface area (Å²) in [5.41, 5.74) is 2.02. The molecule has 0 saturated heterocycles. The average Bonchev–Trinajstić information content (AvgIpc) is 2.61. The van der Waals surface area contributed by atoms with Gasteiger partial charge in [0.2, 0.25) is 0 Å². The van der Waals surface area contributed by atoms with Crippen LogP contribution in [0, 0.1) is 6.92 Å². The maximum Gasteiger partial charge on any atom is 0.0899 e. The molecule has 2 aromatic rings. The predicted octanol–water partition coefficient (Wildman–Crippen LogP) is 2.72. The van der Waals surface area contributed by atoms with E-state index in [9.17, 15) is 0 Å². The van der Waals surface area contributed by atoms with E-state index in [2.05, 4.69) is 15.3 Å². The first-order chi connectivity index (χ1) is 7.29. The second-order valence-corrected chi connectivity index (χ2v) is 2.50. The minimum absolute atomic E-state index is 0.998. The minimum Gasteiger partial charge on any atom is -0.266 e. The molecular formula is C11H20N4. The second-order valence-electron chi connectivity index (χ2n) is 2.50. The zero-order chi connectivity index (χ0) is 11.8. The third-order valence-electron chi connectivity index (χ3n) is 1.75. The standard InChI is InChI=1S/C7H8N4.2C2H6/c1-5-6-3-8-9-4-7(6)11(2)10-5;2*1-2/h3-4H,1-2H3;2*1-2H3. The van der Waals surface area contributed by atoms with Gasteiger partial charge in [0.1, 0.15) is 0 Å². The first kappa shape index (κ1) is 13.5. The molecule has 2 heterocycles. The van der Waals surface area contributed by atoms with Crippen molar-refractivity contribution in [3.05, 3.63) is 18.1 Å². The molecule has 2 aromatic heterocycles. The van der Waals surface area contributed by atoms with Crippen LogP contribution in [0.15, 0.2) is 12.4 Å². The van der Waals surface area contributed by atoms with Gasteiger partial charge in [0, 0.05) is 12.4 Å². The zero-order valence-corrected chi connectivity index (χ0v) is 10.4. The number of aryl methyl sites for hydroxylation is 2. The van der Waals surface area contributed by atoms with Crippen molar-refractivity contribution in [2.75, 3.05) is 0 Å². The summed E-state index contributed by atoms with van der Waals surface area (Å²) in [4.78, 5) is 0. The van der Waals surface area contributed by atoms with E-state index in [0.717, 1.165) is 16.6 Å². The molecule has 0 aromatic carbocycles. The van der Waals surface area contributed by atoms with Gasteiger partial charge in [0.05, 0.1) is 23.6 Å². The topological polar surface area (TPSA) is 43.6 Å². The van der Waals surface area contributed by atoms with Crippen LogP contribution in [0.1, 0.15) is 33.4 Å². The van der Waals surface area contributed by atoms with Crippen molar-refractivity contribution in [1.82, 2.24) is 20.0 Å². The molecule has 0 aliphatic heterocycles. The summed E-state index contributed by atoms with van der Waals surface area (Å²) in [5, 5.41) is 12.9. The van der Waals surface area contributed by atoms with Gasteiger partial charge in [-0.3, -0.25) is 4.68 Å². The molecule has 0 unspecified atom stereocenters. The first-order valence-corrected chi connectivity index (χ1v) is 5.39. The predicted molar refractivity (Wildman–Crippen MR) is 63.7 cm³/mol. The van der Waals surface area contributed by atoms with E-state index in [1.807, 2.05) is 41.7 Å². The monoisotopic (exact) mass is 208 g/mol. The Morgan fingerprint density at radius 3 is 2.07 bits per heavy atom. The van der Waals surface area contributed by atoms with Crippen molar-refractivity contribution in [1.29, 1.82) is 0 Å². The SMILES string of the molecule is CC.CC.Cc1nn(C)c2cnncc12. The molecule has 0 radical (unpaired) electrons. The third-order valence-corrected chi connectivity index (χ3v) is 1.75. The fourth-order valence-corrected chi connectivity index (χ4v) is 1.18. The van der Waals surface area contributed by atoms with Gasteiger partial charge < -0.3 is 0 Å². The van der Waals surface area contributed by atoms with Crippen LogP contribution in [-0.2, 0) is 7.05 Å². The highest BCUT2D eigenvalue weighted by Gasteiger charge is 2.02. The van der Waals surface area contributed by atoms with E-state index >= 15 is 0 Å². The van der Waals surface area contributed by atoms with E-state index < -0.39 is 0 Å². The number of hydrogen-bond donors (Lipinski definition) is 0. The van der Waals surface area contributed by atoms with Crippen molar-refractivity contribution >= 4 is 10.9 Å². The van der Waals surface area contributed by atoms with Crippen LogP contribution in [0.2, 0.25) is 0 Å². The number of hydrogen-bond acceptors (Lipinski definition) is 3. The largest absolute Gasteiger partial charge is 0.266 e. The van der Waals surface area contributed by atoms with Gasteiger partial charge in [-0.15, -0.1) is 0 Å². The number of fused-ring (bicyclic) bond motifs is 1. The highest BCUT2D eigenvalue weighted by Crippen LogP contribution is 2.12. The second kappa shape index (κ2) is 6.92. The van der Waals surface area contributed by atoms with Crippen LogP contribution in [0.5, 0.6) is 0 Å². The van der Waals surface area contributed by atoms with Crippen molar-refractivity contribution < 1.29 is 0 Å². The van der Waals surface area contributed by atoms with Gasteiger partial charge in [-0.05, 0) is 6.92 Å². The molecule has 0 atom stereocenters. The van der Waals surface area contributed by atoms with Gasteiger partial charge in [-0.2, -0.15) is 15.3 Å². The molecule has 2 rings (SSSR count). The van der Waals surface area contributed by atoms with Gasteiger partial charge in [0.25, 0.3) is 0 Å². The van der Waals surface area contributed by atoms with E-state index in [4.69, 9.17) is 0 Å². The lowest BCUT2D eigenvalue weighted by Crippen LogP contribution is -1.89. The summed E-state index contributed by atoms with van der Waals surface area (Å²) < 4.78 is 1.80. The Morgan fingerprint density at radius 1 is 1.00 bits per heavy atom. The van der Waals surface area contributed by atoms with E-state index in [1.54, 1.807) is 17.1 Å². The molecule has 0 aliphatic carbocycles. The molecular weight excluding hydrogens is 188 g/mol. The quantitative estimate of drug-likeness (QED) is 0.668. The lowest BCUT2D eigenvalue weighted by Gasteiger charge is -1.88. The number of rotatable bonds is 0. The summed E-state index contributed by atoms with van der Waals surface area (Å²) in [6, 6.07) is 0. The van der Waals surface area contributed by atoms with Gasteiger partial charge >= 0.3 is 0 Å². The number of aromatic nitrogens is 4. The maximum atomic E-state index is 4.23. The molecule has 4 heteroatoms. The van der Waals surface area contributed by atoms with Crippen LogP contribution in [0.3, 0.4) is 0 Å². The van der Waals surface area contributed by atoms with Crippen LogP contribution in [0.25, 0.3) is 10.9 Å². The van der Waals surface area contributed by atoms with Crippen molar-refractivity contribution in [3.8, 4) is 0 Å². The average molecular weight is 208 g/mol. The van der Waals surface area contributed by atoms with Gasteiger partial charge in [-0.25, -0.2) is 0 Å². The third kappa shape index (κ3) is 3.01. The smallest absolute Gasteiger partial charge is 0.0899 e. The highest BCUT2D eigenvalue weighted by molar-refractivity contribution is 5.79. The van der Waals surface area contributed by atoms with Crippen LogP contribution in [0.4, 0.5) is 0 Å². The summed E-state index contributed by atoms with van der Waals surface area (Å²) in [5.74, 6) is 0. The maximum absolute atomic E-state index is 4.23. The Hall–Kier alpha value is -1.45. The Kier molecular flexibility index (Phi) is 6.25. The molecule has 0 N–H and O–H groups in total. The fraction of sp³-hybridized carbons (Fsp3) is 0.545. The zero-order valence-electron chi connectivity index (χ0n) is 10.4. The Labute approximate surface area is 91.3 Å². The van der Waals surface area contributed by atoms with E-state index in [1.165, 1.54) is 0 Å². The summed E-state index contributed by atoms with van der Waals surface area (Å²) in [7, 11) is 1.90. The Morgan fingerprint density at radius 2 is 1.53 bits per heavy atom. The van der Waals surface area contributed by atoms with Crippen molar-refractivity contribution in [2.24, 2.45) is 7.05 Å². The number of nitrogens with zero attached hydrogens (tertiary/aromatic N) is 4. The molecule has 0 aliphatic rings. The highest BCUT2D eigenvalue weighted by atomic mass is 15.3. The molecule has 0 fully saturated rings. The summed E-state index contributed by atoms with van der Waals surface area (Å²) in [6.45, 7) is 9.96. The van der Waals surface area contributed by atoms with Crippen LogP contribution < -0.4 is 0 Å². The van der Waals surface area contributed by atoms with Crippen LogP contribution >= 0.6 is 0 Å². The Balaban J connectivity index is 0.000000442. The molecule has 0 saturated carbocycles. The summed E-state index contributed by atoms with van der Waals surface area (Å²) in [6.07, 6.45) is 3.45. The Bertz CT molecular complexity index is 356. The van der Waals surface area contributed by atoms with Gasteiger partial charge in [-0.1, -0.05) is 27.7 Å². The first-order valence-electron chi connectivity index (χ1n) is 5.39. The van der Waals surface area contributed by atoms with E-state index in [-0.39, 0.29) is 0 Å². The molecule has 84 valence electrons. The molecule has 4 nitrogen and oxygen atoms in total. The normalized spacial score (nSPS) is 8.67. The van der Waals surface area contributed by atoms with Crippen molar-refractivity contribution in [3.63, 3.8) is 0 Å². The minimum atomic E-state index is 0.998.